The predicted octanol–water partition coefficient (Wildman–Crippen LogP) is 4.09. The number of imidazole rings is 1. The van der Waals surface area contributed by atoms with E-state index in [1.54, 1.807) is 4.52 Å². The lowest BCUT2D eigenvalue weighted by Gasteiger charge is -2.24. The number of rotatable bonds is 4. The Labute approximate surface area is 178 Å². The van der Waals surface area contributed by atoms with Gasteiger partial charge in [0.25, 0.3) is 0 Å². The number of hydrogen-bond acceptors (Lipinski definition) is 5. The van der Waals surface area contributed by atoms with E-state index in [1.807, 2.05) is 0 Å². The molecule has 3 heterocycles. The van der Waals surface area contributed by atoms with Crippen molar-refractivity contribution in [2.45, 2.75) is 50.4 Å². The maximum atomic E-state index is 11.3. The molecule has 2 aliphatic carbocycles. The average molecular weight is 416 g/mol. The van der Waals surface area contributed by atoms with Gasteiger partial charge in [-0.1, -0.05) is 18.2 Å². The highest BCUT2D eigenvalue weighted by molar-refractivity contribution is 5.92. The van der Waals surface area contributed by atoms with Gasteiger partial charge in [-0.3, -0.25) is 4.79 Å². The minimum Gasteiger partial charge on any atom is -0.481 e. The molecule has 0 spiro atoms. The van der Waals surface area contributed by atoms with Crippen molar-refractivity contribution in [1.82, 2.24) is 24.6 Å². The minimum absolute atomic E-state index is 0.151. The third-order valence-electron chi connectivity index (χ3n) is 6.89. The minimum atomic E-state index is -0.705. The first-order chi connectivity index (χ1) is 15.1. The van der Waals surface area contributed by atoms with Crippen LogP contribution in [0.1, 0.15) is 61.7 Å². The fourth-order valence-electron chi connectivity index (χ4n) is 5.07. The summed E-state index contributed by atoms with van der Waals surface area (Å²) in [5.74, 6) is 1.05. The maximum absolute atomic E-state index is 11.3. The Bertz CT molecular complexity index is 1310. The second-order valence-corrected chi connectivity index (χ2v) is 8.88. The lowest BCUT2D eigenvalue weighted by atomic mass is 9.82. The number of carboxylic acids is 1. The van der Waals surface area contributed by atoms with Gasteiger partial charge in [-0.05, 0) is 56.1 Å². The predicted molar refractivity (Wildman–Crippen MR) is 117 cm³/mol. The first kappa shape index (κ1) is 18.4. The zero-order valence-electron chi connectivity index (χ0n) is 17.1. The van der Waals surface area contributed by atoms with Gasteiger partial charge in [-0.2, -0.15) is 5.10 Å². The molecule has 6 rings (SSSR count). The number of benzene rings is 1. The first-order valence-corrected chi connectivity index (χ1v) is 10.9. The molecule has 0 unspecified atom stereocenters. The molecule has 2 aliphatic rings. The summed E-state index contributed by atoms with van der Waals surface area (Å²) in [6.45, 7) is 0. The van der Waals surface area contributed by atoms with Crippen LogP contribution in [0, 0.1) is 5.92 Å². The van der Waals surface area contributed by atoms with Gasteiger partial charge in [0.05, 0.1) is 11.6 Å². The summed E-state index contributed by atoms with van der Waals surface area (Å²) in [4.78, 5) is 24.2. The van der Waals surface area contributed by atoms with E-state index in [0.717, 1.165) is 30.1 Å². The van der Waals surface area contributed by atoms with Gasteiger partial charge >= 0.3 is 5.97 Å². The summed E-state index contributed by atoms with van der Waals surface area (Å²) in [7, 11) is 0. The molecule has 2 saturated carbocycles. The van der Waals surface area contributed by atoms with E-state index in [-0.39, 0.29) is 11.8 Å². The lowest BCUT2D eigenvalue weighted by molar-refractivity contribution is -0.142. The van der Waals surface area contributed by atoms with Gasteiger partial charge in [0.1, 0.15) is 23.4 Å². The number of hydrogen-bond donors (Lipinski definition) is 3. The number of anilines is 1. The Kier molecular flexibility index (Phi) is 4.03. The number of H-pyrrole nitrogens is 1. The van der Waals surface area contributed by atoms with Gasteiger partial charge in [0, 0.05) is 16.8 Å². The van der Waals surface area contributed by atoms with E-state index in [0.29, 0.717) is 30.1 Å². The zero-order chi connectivity index (χ0) is 21.1. The van der Waals surface area contributed by atoms with Crippen molar-refractivity contribution in [2.75, 3.05) is 5.73 Å². The van der Waals surface area contributed by atoms with Gasteiger partial charge in [-0.15, -0.1) is 0 Å². The van der Waals surface area contributed by atoms with Crippen LogP contribution in [0.25, 0.3) is 27.8 Å². The van der Waals surface area contributed by atoms with Crippen LogP contribution in [0.4, 0.5) is 5.82 Å². The molecule has 31 heavy (non-hydrogen) atoms. The van der Waals surface area contributed by atoms with Crippen LogP contribution in [0.2, 0.25) is 0 Å². The number of nitrogens with two attached hydrogens (primary N) is 1. The molecule has 1 aromatic carbocycles. The number of nitrogen functional groups attached to an aromatic ring is 1. The van der Waals surface area contributed by atoms with Crippen molar-refractivity contribution >= 4 is 28.2 Å². The van der Waals surface area contributed by atoms with Crippen LogP contribution in [0.5, 0.6) is 0 Å². The summed E-state index contributed by atoms with van der Waals surface area (Å²) in [6.07, 6.45) is 6.80. The smallest absolute Gasteiger partial charge is 0.306 e. The molecule has 4 N–H and O–H groups in total. The molecule has 0 saturated heterocycles. The van der Waals surface area contributed by atoms with E-state index < -0.39 is 5.97 Å². The highest BCUT2D eigenvalue weighted by Crippen LogP contribution is 2.44. The van der Waals surface area contributed by atoms with Gasteiger partial charge in [-0.25, -0.2) is 14.5 Å². The second kappa shape index (κ2) is 6.80. The highest BCUT2D eigenvalue weighted by atomic mass is 16.4. The molecule has 3 aromatic heterocycles. The maximum Gasteiger partial charge on any atom is 0.306 e. The fraction of sp³-hybridized carbons (Fsp3) is 0.391. The van der Waals surface area contributed by atoms with Crippen LogP contribution in [-0.4, -0.2) is 35.6 Å². The first-order valence-electron chi connectivity index (χ1n) is 10.9. The molecule has 0 radical (unpaired) electrons. The molecule has 8 heteroatoms. The number of nitrogens with zero attached hydrogens (tertiary/aromatic N) is 4. The third-order valence-corrected chi connectivity index (χ3v) is 6.89. The van der Waals surface area contributed by atoms with Crippen molar-refractivity contribution in [1.29, 1.82) is 0 Å². The van der Waals surface area contributed by atoms with E-state index in [2.05, 4.69) is 39.3 Å². The van der Waals surface area contributed by atoms with Crippen LogP contribution < -0.4 is 5.73 Å². The quantitative estimate of drug-likeness (QED) is 0.460. The average Bonchev–Trinajstić information content (AvgIpc) is 3.40. The van der Waals surface area contributed by atoms with Crippen molar-refractivity contribution in [3.8, 4) is 11.4 Å². The molecule has 0 bridgehead atoms. The standard InChI is InChI=1S/C23H24N6O2/c24-21-20-19(17-10-15-2-1-3-16(12-4-5-12)18(15)27-17)28-22(29(20)26-11-25-21)13-6-8-14(9-7-13)23(30)31/h1-3,10-14,27H,4-9H2,(H,30,31)(H2,24,25,26). The number of nitrogens with one attached hydrogen (secondary N) is 1. The number of fused-ring (bicyclic) bond motifs is 2. The van der Waals surface area contributed by atoms with Crippen LogP contribution in [-0.2, 0) is 4.79 Å². The number of aromatic amines is 1. The summed E-state index contributed by atoms with van der Waals surface area (Å²) < 4.78 is 1.80. The monoisotopic (exact) mass is 416 g/mol. The van der Waals surface area contributed by atoms with Gasteiger partial charge in [0.2, 0.25) is 0 Å². The van der Waals surface area contributed by atoms with Crippen LogP contribution in [0.15, 0.2) is 30.6 Å². The number of carboxylic acid groups (broad SMARTS) is 1. The van der Waals surface area contributed by atoms with Crippen molar-refractivity contribution in [3.63, 3.8) is 0 Å². The Morgan fingerprint density at radius 1 is 1.13 bits per heavy atom. The molecule has 4 aromatic rings. The number of aromatic nitrogens is 5. The molecular formula is C23H24N6O2. The van der Waals surface area contributed by atoms with Crippen molar-refractivity contribution in [2.24, 2.45) is 5.92 Å². The molecule has 0 atom stereocenters. The molecule has 158 valence electrons. The molecular weight excluding hydrogens is 392 g/mol. The van der Waals surface area contributed by atoms with Crippen molar-refractivity contribution < 1.29 is 9.90 Å². The molecule has 0 amide bonds. The van der Waals surface area contributed by atoms with E-state index in [9.17, 15) is 9.90 Å². The van der Waals surface area contributed by atoms with E-state index in [1.165, 1.54) is 35.6 Å². The molecule has 0 aliphatic heterocycles. The van der Waals surface area contributed by atoms with Gasteiger partial charge < -0.3 is 15.8 Å². The molecule has 2 fully saturated rings. The van der Waals surface area contributed by atoms with Crippen molar-refractivity contribution in [3.05, 3.63) is 42.0 Å². The summed E-state index contributed by atoms with van der Waals surface area (Å²) in [6, 6.07) is 8.56. The SMILES string of the molecule is Nc1ncnn2c(C3CCC(C(=O)O)CC3)nc(-c3cc4cccc(C5CC5)c4[nH]3)c12. The Hall–Kier alpha value is -3.42. The summed E-state index contributed by atoms with van der Waals surface area (Å²) in [5.41, 5.74) is 11.2. The highest BCUT2D eigenvalue weighted by Gasteiger charge is 2.31. The Balaban J connectivity index is 1.46. The van der Waals surface area contributed by atoms with Crippen LogP contribution >= 0.6 is 0 Å². The summed E-state index contributed by atoms with van der Waals surface area (Å²) >= 11 is 0. The third kappa shape index (κ3) is 2.97. The van der Waals surface area contributed by atoms with E-state index in [4.69, 9.17) is 10.7 Å². The number of aliphatic carboxylic acids is 1. The fourth-order valence-corrected chi connectivity index (χ4v) is 5.07. The number of para-hydroxylation sites is 1. The Morgan fingerprint density at radius 3 is 2.65 bits per heavy atom. The number of carbonyl (C=O) groups is 1. The molecule has 8 nitrogen and oxygen atoms in total. The normalized spacial score (nSPS) is 21.7. The lowest BCUT2D eigenvalue weighted by Crippen LogP contribution is -2.21. The largest absolute Gasteiger partial charge is 0.481 e. The van der Waals surface area contributed by atoms with Gasteiger partial charge in [0.15, 0.2) is 5.82 Å². The topological polar surface area (TPSA) is 122 Å². The van der Waals surface area contributed by atoms with Crippen LogP contribution in [0.3, 0.4) is 0 Å². The van der Waals surface area contributed by atoms with E-state index >= 15 is 0 Å². The second-order valence-electron chi connectivity index (χ2n) is 8.88. The zero-order valence-corrected chi connectivity index (χ0v) is 17.1. The Morgan fingerprint density at radius 2 is 1.90 bits per heavy atom. The summed E-state index contributed by atoms with van der Waals surface area (Å²) in [5, 5.41) is 15.0.